The maximum Gasteiger partial charge on any atom is 0.324 e. The lowest BCUT2D eigenvalue weighted by molar-refractivity contribution is 0.160. The SMILES string of the molecule is C#Cc1c(Oc2ccccc2F)ncnc1OC1CCN(c2nc(C(C)C)no2)CC1. The van der Waals surface area contributed by atoms with Crippen LogP contribution in [0.25, 0.3) is 0 Å². The molecule has 0 spiro atoms. The Morgan fingerprint density at radius 3 is 2.61 bits per heavy atom. The van der Waals surface area contributed by atoms with Crippen LogP contribution in [0.1, 0.15) is 44.0 Å². The quantitative estimate of drug-likeness (QED) is 0.551. The lowest BCUT2D eigenvalue weighted by atomic mass is 10.1. The van der Waals surface area contributed by atoms with Gasteiger partial charge in [-0.1, -0.05) is 37.1 Å². The van der Waals surface area contributed by atoms with Gasteiger partial charge in [0.2, 0.25) is 11.8 Å². The number of anilines is 1. The van der Waals surface area contributed by atoms with E-state index in [4.69, 9.17) is 20.4 Å². The molecule has 3 heterocycles. The minimum absolute atomic E-state index is 0.0253. The molecule has 1 aliphatic rings. The zero-order chi connectivity index (χ0) is 21.8. The van der Waals surface area contributed by atoms with Crippen molar-refractivity contribution in [2.24, 2.45) is 0 Å². The molecule has 0 N–H and O–H groups in total. The lowest BCUT2D eigenvalue weighted by Crippen LogP contribution is -2.38. The smallest absolute Gasteiger partial charge is 0.324 e. The van der Waals surface area contributed by atoms with Crippen molar-refractivity contribution in [2.75, 3.05) is 18.0 Å². The minimum atomic E-state index is -0.513. The van der Waals surface area contributed by atoms with E-state index in [1.807, 2.05) is 18.7 Å². The highest BCUT2D eigenvalue weighted by atomic mass is 19.1. The summed E-state index contributed by atoms with van der Waals surface area (Å²) in [6, 6.07) is 6.55. The number of nitrogens with zero attached hydrogens (tertiary/aromatic N) is 5. The van der Waals surface area contributed by atoms with Crippen LogP contribution in [0.5, 0.6) is 17.5 Å². The summed E-state index contributed by atoms with van der Waals surface area (Å²) < 4.78 is 30.9. The van der Waals surface area contributed by atoms with Gasteiger partial charge in [0.05, 0.1) is 0 Å². The number of rotatable bonds is 6. The number of hydrogen-bond donors (Lipinski definition) is 0. The van der Waals surface area contributed by atoms with Gasteiger partial charge >= 0.3 is 6.01 Å². The molecule has 1 fully saturated rings. The van der Waals surface area contributed by atoms with Gasteiger partial charge in [-0.3, -0.25) is 0 Å². The van der Waals surface area contributed by atoms with Crippen LogP contribution >= 0.6 is 0 Å². The van der Waals surface area contributed by atoms with Crippen molar-refractivity contribution in [3.8, 4) is 29.9 Å². The lowest BCUT2D eigenvalue weighted by Gasteiger charge is -2.30. The zero-order valence-corrected chi connectivity index (χ0v) is 17.3. The number of benzene rings is 1. The topological polar surface area (TPSA) is 86.4 Å². The Hall–Kier alpha value is -3.67. The molecular formula is C22H22FN5O3. The van der Waals surface area contributed by atoms with Gasteiger partial charge in [-0.05, 0) is 12.1 Å². The third-order valence-corrected chi connectivity index (χ3v) is 4.90. The fourth-order valence-electron chi connectivity index (χ4n) is 3.19. The van der Waals surface area contributed by atoms with Gasteiger partial charge < -0.3 is 18.9 Å². The molecule has 1 aliphatic heterocycles. The Morgan fingerprint density at radius 2 is 1.94 bits per heavy atom. The van der Waals surface area contributed by atoms with Crippen LogP contribution in [0.3, 0.4) is 0 Å². The third kappa shape index (κ3) is 4.58. The molecule has 3 aromatic rings. The van der Waals surface area contributed by atoms with E-state index in [0.717, 1.165) is 12.8 Å². The van der Waals surface area contributed by atoms with E-state index in [0.29, 0.717) is 24.9 Å². The van der Waals surface area contributed by atoms with Gasteiger partial charge in [0.25, 0.3) is 0 Å². The van der Waals surface area contributed by atoms with Gasteiger partial charge in [-0.2, -0.15) is 4.98 Å². The molecule has 1 aromatic carbocycles. The van der Waals surface area contributed by atoms with Crippen molar-refractivity contribution in [3.05, 3.63) is 47.8 Å². The average molecular weight is 423 g/mol. The fraction of sp³-hybridized carbons (Fsp3) is 0.364. The molecule has 0 aliphatic carbocycles. The average Bonchev–Trinajstić information content (AvgIpc) is 3.27. The molecule has 0 radical (unpaired) electrons. The van der Waals surface area contributed by atoms with Crippen molar-refractivity contribution in [2.45, 2.75) is 38.7 Å². The highest BCUT2D eigenvalue weighted by Gasteiger charge is 2.26. The molecule has 31 heavy (non-hydrogen) atoms. The molecule has 1 saturated heterocycles. The fourth-order valence-corrected chi connectivity index (χ4v) is 3.19. The molecule has 4 rings (SSSR count). The van der Waals surface area contributed by atoms with Crippen LogP contribution in [-0.4, -0.2) is 39.3 Å². The second kappa shape index (κ2) is 9.00. The van der Waals surface area contributed by atoms with E-state index < -0.39 is 5.82 Å². The summed E-state index contributed by atoms with van der Waals surface area (Å²) in [5.41, 5.74) is 0.242. The first-order valence-corrected chi connectivity index (χ1v) is 10.0. The zero-order valence-electron chi connectivity index (χ0n) is 17.3. The summed E-state index contributed by atoms with van der Waals surface area (Å²) in [5, 5.41) is 4.01. The summed E-state index contributed by atoms with van der Waals surface area (Å²) in [7, 11) is 0. The number of para-hydroxylation sites is 1. The second-order valence-electron chi connectivity index (χ2n) is 7.43. The Kier molecular flexibility index (Phi) is 5.98. The molecule has 0 amide bonds. The largest absolute Gasteiger partial charge is 0.473 e. The third-order valence-electron chi connectivity index (χ3n) is 4.90. The van der Waals surface area contributed by atoms with Gasteiger partial charge in [-0.25, -0.2) is 14.4 Å². The van der Waals surface area contributed by atoms with Crippen LogP contribution in [0, 0.1) is 18.2 Å². The monoisotopic (exact) mass is 423 g/mol. The number of halogens is 1. The van der Waals surface area contributed by atoms with Crippen molar-refractivity contribution >= 4 is 6.01 Å². The molecule has 8 nitrogen and oxygen atoms in total. The van der Waals surface area contributed by atoms with Crippen LogP contribution in [-0.2, 0) is 0 Å². The van der Waals surface area contributed by atoms with Gasteiger partial charge in [0.15, 0.2) is 17.4 Å². The first kappa shape index (κ1) is 20.6. The molecule has 9 heteroatoms. The number of aromatic nitrogens is 4. The van der Waals surface area contributed by atoms with Gasteiger partial charge in [0, 0.05) is 31.8 Å². The summed E-state index contributed by atoms with van der Waals surface area (Å²) >= 11 is 0. The van der Waals surface area contributed by atoms with E-state index >= 15 is 0 Å². The van der Waals surface area contributed by atoms with E-state index in [2.05, 4.69) is 26.0 Å². The molecule has 0 saturated carbocycles. The minimum Gasteiger partial charge on any atom is -0.473 e. The first-order valence-electron chi connectivity index (χ1n) is 10.0. The molecule has 0 atom stereocenters. The Bertz CT molecular complexity index is 1090. The first-order chi connectivity index (χ1) is 15.0. The van der Waals surface area contributed by atoms with Gasteiger partial charge in [-0.15, -0.1) is 6.42 Å². The number of ether oxygens (including phenoxy) is 2. The summed E-state index contributed by atoms with van der Waals surface area (Å²) in [6.45, 7) is 5.42. The highest BCUT2D eigenvalue weighted by Crippen LogP contribution is 2.30. The maximum atomic E-state index is 13.9. The molecular weight excluding hydrogens is 401 g/mol. The predicted molar refractivity (Wildman–Crippen MR) is 111 cm³/mol. The normalized spacial score (nSPS) is 14.5. The molecule has 2 aromatic heterocycles. The van der Waals surface area contributed by atoms with Crippen molar-refractivity contribution in [1.29, 1.82) is 0 Å². The van der Waals surface area contributed by atoms with E-state index in [1.165, 1.54) is 18.5 Å². The summed E-state index contributed by atoms with van der Waals surface area (Å²) in [4.78, 5) is 14.7. The summed E-state index contributed by atoms with van der Waals surface area (Å²) in [5.74, 6) is 3.22. The predicted octanol–water partition coefficient (Wildman–Crippen LogP) is 3.94. The second-order valence-corrected chi connectivity index (χ2v) is 7.43. The van der Waals surface area contributed by atoms with Crippen LogP contribution in [0.2, 0.25) is 0 Å². The van der Waals surface area contributed by atoms with Gasteiger partial charge in [0.1, 0.15) is 18.0 Å². The number of piperidine rings is 1. The van der Waals surface area contributed by atoms with E-state index in [9.17, 15) is 4.39 Å². The summed E-state index contributed by atoms with van der Waals surface area (Å²) in [6.07, 6.45) is 8.27. The van der Waals surface area contributed by atoms with E-state index in [1.54, 1.807) is 12.1 Å². The van der Waals surface area contributed by atoms with Crippen LogP contribution < -0.4 is 14.4 Å². The Balaban J connectivity index is 1.43. The number of terminal acetylenes is 1. The molecule has 0 unspecified atom stereocenters. The standard InChI is InChI=1S/C22H22FN5O3/c1-4-16-20(24-13-25-21(16)30-18-8-6-5-7-17(18)23)29-15-9-11-28(12-10-15)22-26-19(14(2)3)27-31-22/h1,5-8,13-15H,9-12H2,2-3H3. The van der Waals surface area contributed by atoms with Crippen molar-refractivity contribution in [1.82, 2.24) is 20.1 Å². The van der Waals surface area contributed by atoms with Crippen LogP contribution in [0.15, 0.2) is 35.1 Å². The Labute approximate surface area is 179 Å². The van der Waals surface area contributed by atoms with E-state index in [-0.39, 0.29) is 35.1 Å². The molecule has 0 bridgehead atoms. The molecule has 160 valence electrons. The maximum absolute atomic E-state index is 13.9. The Morgan fingerprint density at radius 1 is 1.19 bits per heavy atom. The van der Waals surface area contributed by atoms with Crippen molar-refractivity contribution in [3.63, 3.8) is 0 Å². The van der Waals surface area contributed by atoms with Crippen LogP contribution in [0.4, 0.5) is 10.4 Å². The van der Waals surface area contributed by atoms with Crippen molar-refractivity contribution < 1.29 is 18.4 Å². The highest BCUT2D eigenvalue weighted by molar-refractivity contribution is 5.48. The number of hydrogen-bond acceptors (Lipinski definition) is 8.